The van der Waals surface area contributed by atoms with Gasteiger partial charge in [-0.2, -0.15) is 0 Å². The van der Waals surface area contributed by atoms with E-state index in [0.29, 0.717) is 10.6 Å². The molecule has 0 aliphatic carbocycles. The number of carbonyl (C=O) groups is 2. The Bertz CT molecular complexity index is 449. The van der Waals surface area contributed by atoms with Crippen LogP contribution in [-0.4, -0.2) is 23.9 Å². The van der Waals surface area contributed by atoms with Crippen molar-refractivity contribution in [2.75, 3.05) is 11.9 Å². The first-order valence-electron chi connectivity index (χ1n) is 5.47. The summed E-state index contributed by atoms with van der Waals surface area (Å²) < 4.78 is 0. The minimum Gasteiger partial charge on any atom is -0.366 e. The molecule has 1 aromatic rings. The van der Waals surface area contributed by atoms with Crippen LogP contribution in [0.2, 0.25) is 0 Å². The first-order valence-corrected chi connectivity index (χ1v) is 6.35. The molecule has 1 saturated heterocycles. The highest BCUT2D eigenvalue weighted by atomic mass is 32.1. The second-order valence-electron chi connectivity index (χ2n) is 4.34. The molecule has 1 atom stereocenters. The van der Waals surface area contributed by atoms with Gasteiger partial charge in [0.05, 0.1) is 11.1 Å². The van der Waals surface area contributed by atoms with E-state index >= 15 is 0 Å². The molecule has 0 spiro atoms. The average molecular weight is 253 g/mol. The number of hydrogen-bond acceptors (Lipinski definition) is 4. The molecule has 1 aromatic heterocycles. The molecule has 92 valence electrons. The Morgan fingerprint density at radius 2 is 2.35 bits per heavy atom. The van der Waals surface area contributed by atoms with E-state index in [0.717, 1.165) is 19.4 Å². The average Bonchev–Trinajstić information content (AvgIpc) is 2.87. The summed E-state index contributed by atoms with van der Waals surface area (Å²) in [7, 11) is 0. The van der Waals surface area contributed by atoms with Crippen LogP contribution in [0.25, 0.3) is 0 Å². The number of thiophene rings is 1. The van der Waals surface area contributed by atoms with Gasteiger partial charge >= 0.3 is 0 Å². The molecule has 4 N–H and O–H groups in total. The summed E-state index contributed by atoms with van der Waals surface area (Å²) in [6, 6.07) is 1.62. The maximum Gasteiger partial charge on any atom is 0.251 e. The molecule has 0 radical (unpaired) electrons. The molecule has 0 aromatic carbocycles. The van der Waals surface area contributed by atoms with Gasteiger partial charge in [-0.15, -0.1) is 11.3 Å². The largest absolute Gasteiger partial charge is 0.366 e. The van der Waals surface area contributed by atoms with Gasteiger partial charge in [0.25, 0.3) is 5.91 Å². The molecular formula is C11H15N3O2S. The number of primary amides is 1. The number of nitrogens with one attached hydrogen (secondary N) is 2. The molecule has 2 amide bonds. The van der Waals surface area contributed by atoms with E-state index in [-0.39, 0.29) is 5.91 Å². The summed E-state index contributed by atoms with van der Waals surface area (Å²) in [6.07, 6.45) is 1.78. The Hall–Kier alpha value is -1.40. The van der Waals surface area contributed by atoms with Crippen molar-refractivity contribution in [3.63, 3.8) is 0 Å². The first-order chi connectivity index (χ1) is 8.03. The number of amides is 2. The maximum atomic E-state index is 12.1. The predicted octanol–water partition coefficient (Wildman–Crippen LogP) is 0.928. The Balaban J connectivity index is 2.13. The third-order valence-corrected chi connectivity index (χ3v) is 3.86. The van der Waals surface area contributed by atoms with Crippen LogP contribution >= 0.6 is 11.3 Å². The zero-order chi connectivity index (χ0) is 12.5. The maximum absolute atomic E-state index is 12.1. The van der Waals surface area contributed by atoms with Gasteiger partial charge in [0, 0.05) is 0 Å². The summed E-state index contributed by atoms with van der Waals surface area (Å²) in [5.74, 6) is -0.633. The van der Waals surface area contributed by atoms with Gasteiger partial charge < -0.3 is 16.4 Å². The van der Waals surface area contributed by atoms with Crippen molar-refractivity contribution in [3.05, 3.63) is 17.0 Å². The van der Waals surface area contributed by atoms with Crippen LogP contribution in [-0.2, 0) is 4.79 Å². The highest BCUT2D eigenvalue weighted by Crippen LogP contribution is 2.26. The van der Waals surface area contributed by atoms with Crippen LogP contribution in [0, 0.1) is 0 Å². The molecule has 1 unspecified atom stereocenters. The standard InChI is InChI=1S/C11H15N3O2S/c1-11(4-2-5-13-11)10(16)14-9-7(8(12)15)3-6-17-9/h3,6,13H,2,4-5H2,1H3,(H2,12,15)(H,14,16). The summed E-state index contributed by atoms with van der Waals surface area (Å²) >= 11 is 1.30. The van der Waals surface area contributed by atoms with Gasteiger partial charge in [-0.05, 0) is 37.8 Å². The van der Waals surface area contributed by atoms with Crippen LogP contribution < -0.4 is 16.4 Å². The molecular weight excluding hydrogens is 238 g/mol. The molecule has 1 aliphatic heterocycles. The molecule has 2 rings (SSSR count). The molecule has 1 aliphatic rings. The third kappa shape index (κ3) is 2.32. The Morgan fingerprint density at radius 1 is 1.59 bits per heavy atom. The van der Waals surface area contributed by atoms with E-state index in [9.17, 15) is 9.59 Å². The highest BCUT2D eigenvalue weighted by molar-refractivity contribution is 7.14. The Labute approximate surface area is 103 Å². The van der Waals surface area contributed by atoms with Crippen molar-refractivity contribution in [2.45, 2.75) is 25.3 Å². The minimum atomic E-state index is -0.543. The van der Waals surface area contributed by atoms with Crippen molar-refractivity contribution in [2.24, 2.45) is 5.73 Å². The van der Waals surface area contributed by atoms with Crippen molar-refractivity contribution >= 4 is 28.2 Å². The fraction of sp³-hybridized carbons (Fsp3) is 0.455. The second kappa shape index (κ2) is 4.46. The topological polar surface area (TPSA) is 84.2 Å². The lowest BCUT2D eigenvalue weighted by Crippen LogP contribution is -2.48. The van der Waals surface area contributed by atoms with Gasteiger partial charge in [-0.1, -0.05) is 0 Å². The van der Waals surface area contributed by atoms with Crippen LogP contribution in [0.15, 0.2) is 11.4 Å². The zero-order valence-corrected chi connectivity index (χ0v) is 10.4. The molecule has 5 nitrogen and oxygen atoms in total. The Kier molecular flexibility index (Phi) is 3.17. The van der Waals surface area contributed by atoms with E-state index in [2.05, 4.69) is 10.6 Å². The lowest BCUT2D eigenvalue weighted by atomic mass is 9.99. The van der Waals surface area contributed by atoms with Crippen molar-refractivity contribution in [3.8, 4) is 0 Å². The fourth-order valence-corrected chi connectivity index (χ4v) is 2.72. The molecule has 0 saturated carbocycles. The summed E-state index contributed by atoms with van der Waals surface area (Å²) in [5.41, 5.74) is 5.04. The number of anilines is 1. The van der Waals surface area contributed by atoms with Crippen molar-refractivity contribution < 1.29 is 9.59 Å². The molecule has 2 heterocycles. The number of nitrogens with two attached hydrogens (primary N) is 1. The van der Waals surface area contributed by atoms with E-state index in [4.69, 9.17) is 5.73 Å². The lowest BCUT2D eigenvalue weighted by Gasteiger charge is -2.22. The number of hydrogen-bond donors (Lipinski definition) is 3. The SMILES string of the molecule is CC1(C(=O)Nc2sccc2C(N)=O)CCCN1. The quantitative estimate of drug-likeness (QED) is 0.749. The van der Waals surface area contributed by atoms with Crippen molar-refractivity contribution in [1.29, 1.82) is 0 Å². The summed E-state index contributed by atoms with van der Waals surface area (Å²) in [5, 5.41) is 8.20. The third-order valence-electron chi connectivity index (χ3n) is 3.03. The van der Waals surface area contributed by atoms with Crippen molar-refractivity contribution in [1.82, 2.24) is 5.32 Å². The van der Waals surface area contributed by atoms with Gasteiger partial charge in [0.1, 0.15) is 5.00 Å². The first kappa shape index (κ1) is 12.1. The van der Waals surface area contributed by atoms with Crippen LogP contribution in [0.3, 0.4) is 0 Å². The zero-order valence-electron chi connectivity index (χ0n) is 9.58. The molecule has 0 bridgehead atoms. The van der Waals surface area contributed by atoms with E-state index in [1.54, 1.807) is 11.4 Å². The summed E-state index contributed by atoms with van der Waals surface area (Å²) in [4.78, 5) is 23.2. The van der Waals surface area contributed by atoms with Crippen LogP contribution in [0.5, 0.6) is 0 Å². The van der Waals surface area contributed by atoms with E-state index in [1.807, 2.05) is 6.92 Å². The van der Waals surface area contributed by atoms with Crippen LogP contribution in [0.4, 0.5) is 5.00 Å². The van der Waals surface area contributed by atoms with E-state index < -0.39 is 11.4 Å². The highest BCUT2D eigenvalue weighted by Gasteiger charge is 2.36. The van der Waals surface area contributed by atoms with Gasteiger partial charge in [0.2, 0.25) is 5.91 Å². The molecule has 1 fully saturated rings. The Morgan fingerprint density at radius 3 is 2.94 bits per heavy atom. The van der Waals surface area contributed by atoms with Gasteiger partial charge in [-0.25, -0.2) is 0 Å². The van der Waals surface area contributed by atoms with Crippen LogP contribution in [0.1, 0.15) is 30.1 Å². The molecule has 17 heavy (non-hydrogen) atoms. The van der Waals surface area contributed by atoms with Gasteiger partial charge in [0.15, 0.2) is 0 Å². The van der Waals surface area contributed by atoms with Gasteiger partial charge in [-0.3, -0.25) is 9.59 Å². The monoisotopic (exact) mass is 253 g/mol. The van der Waals surface area contributed by atoms with E-state index in [1.165, 1.54) is 11.3 Å². The summed E-state index contributed by atoms with van der Waals surface area (Å²) in [6.45, 7) is 2.71. The number of rotatable bonds is 3. The predicted molar refractivity (Wildman–Crippen MR) is 67.1 cm³/mol. The number of carbonyl (C=O) groups excluding carboxylic acids is 2. The fourth-order valence-electron chi connectivity index (χ4n) is 1.93. The lowest BCUT2D eigenvalue weighted by molar-refractivity contribution is -0.121. The molecule has 6 heteroatoms. The smallest absolute Gasteiger partial charge is 0.251 e. The normalized spacial score (nSPS) is 23.6. The minimum absolute atomic E-state index is 0.111. The second-order valence-corrected chi connectivity index (χ2v) is 5.26.